The summed E-state index contributed by atoms with van der Waals surface area (Å²) >= 11 is 0. The van der Waals surface area contributed by atoms with Gasteiger partial charge in [0, 0.05) is 19.3 Å². The molecule has 6 nitrogen and oxygen atoms in total. The third kappa shape index (κ3) is 5.92. The molecule has 0 fully saturated rings. The zero-order chi connectivity index (χ0) is 24.1. The van der Waals surface area contributed by atoms with E-state index in [0.29, 0.717) is 24.4 Å². The van der Waals surface area contributed by atoms with Crippen molar-refractivity contribution in [3.63, 3.8) is 0 Å². The Bertz CT molecular complexity index is 1210. The molecule has 9 heteroatoms. The molecule has 0 aliphatic heterocycles. The van der Waals surface area contributed by atoms with Gasteiger partial charge in [-0.1, -0.05) is 30.3 Å². The van der Waals surface area contributed by atoms with Gasteiger partial charge in [-0.25, -0.2) is 4.98 Å². The lowest BCUT2D eigenvalue weighted by molar-refractivity contribution is -0.147. The number of para-hydroxylation sites is 2. The van der Waals surface area contributed by atoms with Crippen LogP contribution in [-0.4, -0.2) is 44.2 Å². The fraction of sp³-hybridized carbons (Fsp3) is 0.280. The molecule has 2 aromatic heterocycles. The number of rotatable bonds is 9. The summed E-state index contributed by atoms with van der Waals surface area (Å²) in [4.78, 5) is 9.80. The van der Waals surface area contributed by atoms with Crippen molar-refractivity contribution in [3.05, 3.63) is 90.0 Å². The third-order valence-corrected chi connectivity index (χ3v) is 5.31. The Labute approximate surface area is 195 Å². The van der Waals surface area contributed by atoms with E-state index in [2.05, 4.69) is 9.97 Å². The number of alkyl halides is 3. The number of pyridine rings is 1. The molecule has 34 heavy (non-hydrogen) atoms. The summed E-state index contributed by atoms with van der Waals surface area (Å²) < 4.78 is 47.2. The van der Waals surface area contributed by atoms with Gasteiger partial charge in [-0.3, -0.25) is 9.88 Å². The van der Waals surface area contributed by atoms with E-state index >= 15 is 0 Å². The van der Waals surface area contributed by atoms with Crippen LogP contribution in [-0.2, 0) is 25.9 Å². The number of halogens is 3. The molecule has 2 heterocycles. The average Bonchev–Trinajstić information content (AvgIpc) is 3.18. The predicted octanol–water partition coefficient (Wildman–Crippen LogP) is 4.52. The highest BCUT2D eigenvalue weighted by molar-refractivity contribution is 5.76. The van der Waals surface area contributed by atoms with Gasteiger partial charge in [-0.15, -0.1) is 0 Å². The maximum atomic E-state index is 13.5. The van der Waals surface area contributed by atoms with Crippen molar-refractivity contribution in [1.29, 1.82) is 0 Å². The number of benzene rings is 2. The first-order valence-electron chi connectivity index (χ1n) is 10.8. The number of ether oxygens (including phenoxy) is 1. The lowest BCUT2D eigenvalue weighted by atomic mass is 10.2. The smallest absolute Gasteiger partial charge is 0.449 e. The molecule has 0 aliphatic rings. The van der Waals surface area contributed by atoms with E-state index in [1.165, 1.54) is 6.07 Å². The second kappa shape index (κ2) is 10.2. The summed E-state index contributed by atoms with van der Waals surface area (Å²) in [5, 5.41) is 10.6. The van der Waals surface area contributed by atoms with Crippen molar-refractivity contribution in [3.8, 4) is 5.75 Å². The Morgan fingerprint density at radius 2 is 1.76 bits per heavy atom. The number of hydrogen-bond donors (Lipinski definition) is 1. The van der Waals surface area contributed by atoms with Gasteiger partial charge >= 0.3 is 6.18 Å². The molecule has 0 unspecified atom stereocenters. The Morgan fingerprint density at radius 1 is 1.03 bits per heavy atom. The second-order valence-corrected chi connectivity index (χ2v) is 8.14. The van der Waals surface area contributed by atoms with E-state index in [1.54, 1.807) is 24.4 Å². The minimum Gasteiger partial charge on any atom is -0.487 e. The number of imidazole rings is 1. The highest BCUT2D eigenvalue weighted by atomic mass is 19.4. The molecular weight excluding hydrogens is 445 g/mol. The molecule has 0 spiro atoms. The lowest BCUT2D eigenvalue weighted by Gasteiger charge is -2.22. The van der Waals surface area contributed by atoms with Crippen LogP contribution in [0.3, 0.4) is 0 Å². The lowest BCUT2D eigenvalue weighted by Crippen LogP contribution is -2.32. The first kappa shape index (κ1) is 23.7. The van der Waals surface area contributed by atoms with Crippen LogP contribution in [0.1, 0.15) is 17.1 Å². The van der Waals surface area contributed by atoms with E-state index in [-0.39, 0.29) is 18.6 Å². The summed E-state index contributed by atoms with van der Waals surface area (Å²) in [6.45, 7) is 0.880. The van der Waals surface area contributed by atoms with Crippen molar-refractivity contribution >= 4 is 11.0 Å². The fourth-order valence-electron chi connectivity index (χ4n) is 3.81. The van der Waals surface area contributed by atoms with Gasteiger partial charge in [0.25, 0.3) is 0 Å². The number of fused-ring (bicyclic) bond motifs is 1. The Morgan fingerprint density at radius 3 is 2.47 bits per heavy atom. The van der Waals surface area contributed by atoms with Crippen LogP contribution in [0.4, 0.5) is 13.2 Å². The topological polar surface area (TPSA) is 63.4 Å². The van der Waals surface area contributed by atoms with Gasteiger partial charge in [0.2, 0.25) is 5.82 Å². The molecule has 0 bridgehead atoms. The van der Waals surface area contributed by atoms with Gasteiger partial charge in [-0.2, -0.15) is 13.2 Å². The van der Waals surface area contributed by atoms with Crippen LogP contribution >= 0.6 is 0 Å². The normalized spacial score (nSPS) is 12.9. The number of nitrogens with zero attached hydrogens (tertiary/aromatic N) is 4. The first-order chi connectivity index (χ1) is 16.3. The number of aromatic nitrogens is 3. The third-order valence-electron chi connectivity index (χ3n) is 5.31. The Balaban J connectivity index is 1.34. The highest BCUT2D eigenvalue weighted by Crippen LogP contribution is 2.31. The maximum Gasteiger partial charge on any atom is 0.449 e. The number of aliphatic hydroxyl groups excluding tert-OH is 1. The van der Waals surface area contributed by atoms with Gasteiger partial charge in [0.15, 0.2) is 0 Å². The fourth-order valence-corrected chi connectivity index (χ4v) is 3.81. The molecule has 0 saturated heterocycles. The number of hydrogen-bond acceptors (Lipinski definition) is 5. The Hall–Kier alpha value is -3.43. The van der Waals surface area contributed by atoms with Crippen molar-refractivity contribution < 1.29 is 23.0 Å². The van der Waals surface area contributed by atoms with Gasteiger partial charge in [0.1, 0.15) is 12.4 Å². The van der Waals surface area contributed by atoms with Gasteiger partial charge < -0.3 is 14.4 Å². The van der Waals surface area contributed by atoms with Gasteiger partial charge in [0.05, 0.1) is 29.4 Å². The minimum atomic E-state index is -4.61. The molecule has 1 N–H and O–H groups in total. The summed E-state index contributed by atoms with van der Waals surface area (Å²) in [6.07, 6.45) is -3.90. The molecular formula is C25H25F3N4O2. The average molecular weight is 470 g/mol. The van der Waals surface area contributed by atoms with E-state index in [4.69, 9.17) is 4.74 Å². The van der Waals surface area contributed by atoms with Crippen molar-refractivity contribution in [2.45, 2.75) is 32.0 Å². The highest BCUT2D eigenvalue weighted by Gasteiger charge is 2.38. The van der Waals surface area contributed by atoms with Crippen molar-refractivity contribution in [2.75, 3.05) is 13.6 Å². The summed E-state index contributed by atoms with van der Waals surface area (Å²) in [5.41, 5.74) is 2.42. The largest absolute Gasteiger partial charge is 0.487 e. The maximum absolute atomic E-state index is 13.5. The van der Waals surface area contributed by atoms with Crippen molar-refractivity contribution in [1.82, 2.24) is 19.4 Å². The molecule has 4 rings (SSSR count). The van der Waals surface area contributed by atoms with Crippen molar-refractivity contribution in [2.24, 2.45) is 0 Å². The monoisotopic (exact) mass is 470 g/mol. The first-order valence-corrected chi connectivity index (χ1v) is 10.8. The van der Waals surface area contributed by atoms with Crippen LogP contribution in [0.2, 0.25) is 0 Å². The predicted molar refractivity (Wildman–Crippen MR) is 122 cm³/mol. The second-order valence-electron chi connectivity index (χ2n) is 8.14. The Kier molecular flexibility index (Phi) is 7.14. The molecule has 4 aromatic rings. The standard InChI is InChI=1S/C25H25F3N4O2/c1-31(14-18-9-11-21(12-10-18)34-17-19-6-4-5-13-29-19)15-20(33)16-32-23-8-3-2-7-22(23)30-24(32)25(26,27)28/h2-13,20,33H,14-17H2,1H3/t20-/m1/s1. The molecule has 2 aromatic carbocycles. The van der Waals surface area contributed by atoms with Crippen LogP contribution in [0.25, 0.3) is 11.0 Å². The van der Waals surface area contributed by atoms with Crippen LogP contribution < -0.4 is 4.74 Å². The number of aliphatic hydroxyl groups is 1. The molecule has 1 atom stereocenters. The SMILES string of the molecule is CN(Cc1ccc(OCc2ccccn2)cc1)C[C@@H](O)Cn1c(C(F)(F)F)nc2ccccc21. The van der Waals surface area contributed by atoms with E-state index in [9.17, 15) is 18.3 Å². The quantitative estimate of drug-likeness (QED) is 0.390. The van der Waals surface area contributed by atoms with Gasteiger partial charge in [-0.05, 0) is 49.0 Å². The minimum absolute atomic E-state index is 0.196. The summed E-state index contributed by atoms with van der Waals surface area (Å²) in [6, 6.07) is 19.6. The van der Waals surface area contributed by atoms with Crippen LogP contribution in [0.5, 0.6) is 5.75 Å². The molecule has 0 aliphatic carbocycles. The summed E-state index contributed by atoms with van der Waals surface area (Å²) in [7, 11) is 1.81. The van der Waals surface area contributed by atoms with E-state index < -0.39 is 18.1 Å². The molecule has 0 radical (unpaired) electrons. The zero-order valence-corrected chi connectivity index (χ0v) is 18.6. The molecule has 178 valence electrons. The molecule has 0 saturated carbocycles. The van der Waals surface area contributed by atoms with E-state index in [1.807, 2.05) is 54.4 Å². The zero-order valence-electron chi connectivity index (χ0n) is 18.6. The number of likely N-dealkylation sites (N-methyl/N-ethyl adjacent to an activating group) is 1. The van der Waals surface area contributed by atoms with Crippen LogP contribution in [0.15, 0.2) is 72.9 Å². The summed E-state index contributed by atoms with van der Waals surface area (Å²) in [5.74, 6) is -0.291. The van der Waals surface area contributed by atoms with E-state index in [0.717, 1.165) is 15.8 Å². The van der Waals surface area contributed by atoms with Crippen LogP contribution in [0, 0.1) is 0 Å². The molecule has 0 amide bonds.